The van der Waals surface area contributed by atoms with Crippen molar-refractivity contribution in [3.63, 3.8) is 0 Å². The predicted octanol–water partition coefficient (Wildman–Crippen LogP) is 2.94. The molecule has 0 atom stereocenters. The molecule has 0 aliphatic carbocycles. The summed E-state index contributed by atoms with van der Waals surface area (Å²) in [4.78, 5) is 19.1. The van der Waals surface area contributed by atoms with E-state index in [1.807, 2.05) is 37.1 Å². The number of aryl methyl sites for hydroxylation is 1. The number of methoxy groups -OCH3 is 1. The van der Waals surface area contributed by atoms with Crippen LogP contribution < -0.4 is 9.64 Å². The van der Waals surface area contributed by atoms with Crippen molar-refractivity contribution in [3.05, 3.63) is 48.7 Å². The van der Waals surface area contributed by atoms with Gasteiger partial charge in [0.05, 0.1) is 19.5 Å². The summed E-state index contributed by atoms with van der Waals surface area (Å²) in [6, 6.07) is 0. The summed E-state index contributed by atoms with van der Waals surface area (Å²) < 4.78 is 5.07. The van der Waals surface area contributed by atoms with Gasteiger partial charge in [0.15, 0.2) is 5.75 Å². The van der Waals surface area contributed by atoms with Gasteiger partial charge in [0.2, 0.25) is 5.95 Å². The average molecular weight is 297 g/mol. The molecule has 114 valence electrons. The van der Waals surface area contributed by atoms with Crippen molar-refractivity contribution in [1.29, 1.82) is 0 Å². The molecule has 0 saturated carbocycles. The lowest BCUT2D eigenvalue weighted by molar-refractivity contribution is 0.411. The van der Waals surface area contributed by atoms with E-state index in [1.54, 1.807) is 25.7 Å². The Morgan fingerprint density at radius 2 is 1.95 bits per heavy atom. The van der Waals surface area contributed by atoms with Crippen molar-refractivity contribution in [2.75, 3.05) is 19.1 Å². The summed E-state index contributed by atoms with van der Waals surface area (Å²) in [6.07, 6.45) is 11.6. The van der Waals surface area contributed by atoms with Gasteiger partial charge in [-0.3, -0.25) is 4.90 Å². The van der Waals surface area contributed by atoms with Gasteiger partial charge in [-0.25, -0.2) is 19.9 Å². The third-order valence-corrected chi connectivity index (χ3v) is 2.98. The molecular formula is C16H19N5O. The fourth-order valence-electron chi connectivity index (χ4n) is 1.83. The highest BCUT2D eigenvalue weighted by atomic mass is 16.5. The molecule has 22 heavy (non-hydrogen) atoms. The van der Waals surface area contributed by atoms with Gasteiger partial charge < -0.3 is 4.74 Å². The first-order valence-electron chi connectivity index (χ1n) is 6.86. The van der Waals surface area contributed by atoms with E-state index in [9.17, 15) is 0 Å². The van der Waals surface area contributed by atoms with Crippen LogP contribution >= 0.6 is 0 Å². The highest BCUT2D eigenvalue weighted by Crippen LogP contribution is 2.23. The van der Waals surface area contributed by atoms with Crippen LogP contribution in [0.4, 0.5) is 11.8 Å². The van der Waals surface area contributed by atoms with Crippen LogP contribution in [0, 0.1) is 6.92 Å². The van der Waals surface area contributed by atoms with Gasteiger partial charge in [0.25, 0.3) is 0 Å². The summed E-state index contributed by atoms with van der Waals surface area (Å²) >= 11 is 0. The van der Waals surface area contributed by atoms with Crippen LogP contribution in [-0.2, 0) is 0 Å². The van der Waals surface area contributed by atoms with Gasteiger partial charge in [0, 0.05) is 18.8 Å². The summed E-state index contributed by atoms with van der Waals surface area (Å²) in [6.45, 7) is 5.55. The van der Waals surface area contributed by atoms with Crippen LogP contribution in [0.25, 0.3) is 6.08 Å². The minimum Gasteiger partial charge on any atom is -0.494 e. The zero-order valence-electron chi connectivity index (χ0n) is 13.0. The Hall–Kier alpha value is -2.76. The number of aromatic nitrogens is 4. The van der Waals surface area contributed by atoms with Crippen LogP contribution in [0.2, 0.25) is 0 Å². The highest BCUT2D eigenvalue weighted by Gasteiger charge is 2.13. The zero-order chi connectivity index (χ0) is 15.9. The third kappa shape index (κ3) is 3.66. The normalized spacial score (nSPS) is 10.7. The molecular weight excluding hydrogens is 278 g/mol. The molecule has 0 saturated heterocycles. The lowest BCUT2D eigenvalue weighted by Crippen LogP contribution is -2.16. The van der Waals surface area contributed by atoms with E-state index in [1.165, 1.54) is 0 Å². The summed E-state index contributed by atoms with van der Waals surface area (Å²) in [7, 11) is 3.45. The number of allylic oxidation sites excluding steroid dienone is 2. The number of ether oxygens (including phenoxy) is 1. The number of rotatable bonds is 6. The molecule has 6 nitrogen and oxygen atoms in total. The Kier molecular flexibility index (Phi) is 5.19. The molecule has 2 rings (SSSR count). The van der Waals surface area contributed by atoms with Crippen LogP contribution in [0.3, 0.4) is 0 Å². The zero-order valence-corrected chi connectivity index (χ0v) is 13.0. The van der Waals surface area contributed by atoms with E-state index >= 15 is 0 Å². The highest BCUT2D eigenvalue weighted by molar-refractivity contribution is 5.67. The molecule has 0 amide bonds. The van der Waals surface area contributed by atoms with E-state index in [4.69, 9.17) is 4.74 Å². The number of hydrogen-bond donors (Lipinski definition) is 0. The first-order chi connectivity index (χ1) is 10.7. The van der Waals surface area contributed by atoms with Crippen molar-refractivity contribution < 1.29 is 4.74 Å². The van der Waals surface area contributed by atoms with Crippen molar-refractivity contribution in [3.8, 4) is 5.75 Å². The molecule has 2 aromatic rings. The summed E-state index contributed by atoms with van der Waals surface area (Å²) in [5.74, 6) is 2.59. The maximum absolute atomic E-state index is 5.07. The van der Waals surface area contributed by atoms with Crippen LogP contribution in [0.1, 0.15) is 17.8 Å². The molecule has 2 heterocycles. The van der Waals surface area contributed by atoms with E-state index in [0.29, 0.717) is 17.5 Å². The largest absolute Gasteiger partial charge is 0.494 e. The standard InChI is InChI=1S/C16H19N5O/c1-5-6-7-8-13-9-17-12(2)20-15(13)21(3)16-18-10-14(22-4)11-19-16/h5,7-11H,1,6H2,2-4H3/b8-7-. The smallest absolute Gasteiger partial charge is 0.230 e. The topological polar surface area (TPSA) is 64.0 Å². The number of anilines is 2. The Balaban J connectivity index is 2.35. The first kappa shape index (κ1) is 15.6. The Morgan fingerprint density at radius 3 is 2.59 bits per heavy atom. The number of nitrogens with zero attached hydrogens (tertiary/aromatic N) is 5. The quantitative estimate of drug-likeness (QED) is 0.764. The van der Waals surface area contributed by atoms with Gasteiger partial charge in [-0.15, -0.1) is 6.58 Å². The average Bonchev–Trinajstić information content (AvgIpc) is 2.56. The van der Waals surface area contributed by atoms with Crippen LogP contribution in [0.5, 0.6) is 5.75 Å². The molecule has 0 aromatic carbocycles. The molecule has 0 aliphatic rings. The predicted molar refractivity (Wildman–Crippen MR) is 87.3 cm³/mol. The lowest BCUT2D eigenvalue weighted by Gasteiger charge is -2.18. The molecule has 0 N–H and O–H groups in total. The van der Waals surface area contributed by atoms with E-state index in [2.05, 4.69) is 26.5 Å². The summed E-state index contributed by atoms with van der Waals surface area (Å²) in [5.41, 5.74) is 0.898. The van der Waals surface area contributed by atoms with Crippen molar-refractivity contribution in [2.45, 2.75) is 13.3 Å². The second kappa shape index (κ2) is 7.31. The Bertz CT molecular complexity index is 667. The molecule has 0 unspecified atom stereocenters. The van der Waals surface area contributed by atoms with Gasteiger partial charge >= 0.3 is 0 Å². The minimum absolute atomic E-state index is 0.539. The van der Waals surface area contributed by atoms with E-state index in [-0.39, 0.29) is 0 Å². The molecule has 0 aliphatic heterocycles. The molecule has 6 heteroatoms. The lowest BCUT2D eigenvalue weighted by atomic mass is 10.2. The maximum atomic E-state index is 5.07. The molecule has 0 fully saturated rings. The van der Waals surface area contributed by atoms with Crippen LogP contribution in [0.15, 0.2) is 37.3 Å². The number of hydrogen-bond acceptors (Lipinski definition) is 6. The fraction of sp³-hybridized carbons (Fsp3) is 0.250. The van der Waals surface area contributed by atoms with Gasteiger partial charge in [-0.05, 0) is 13.3 Å². The molecule has 0 bridgehead atoms. The van der Waals surface area contributed by atoms with E-state index in [0.717, 1.165) is 17.8 Å². The third-order valence-electron chi connectivity index (χ3n) is 2.98. The van der Waals surface area contributed by atoms with Crippen LogP contribution in [-0.4, -0.2) is 34.1 Å². The monoisotopic (exact) mass is 297 g/mol. The fourth-order valence-corrected chi connectivity index (χ4v) is 1.83. The molecule has 0 spiro atoms. The van der Waals surface area contributed by atoms with Crippen molar-refractivity contribution >= 4 is 17.8 Å². The SMILES string of the molecule is C=CC/C=C\c1cnc(C)nc1N(C)c1ncc(OC)cn1. The maximum Gasteiger partial charge on any atom is 0.230 e. The molecule has 0 radical (unpaired) electrons. The Labute approximate surface area is 130 Å². The summed E-state index contributed by atoms with van der Waals surface area (Å²) in [5, 5.41) is 0. The molecule has 2 aromatic heterocycles. The second-order valence-electron chi connectivity index (χ2n) is 4.60. The van der Waals surface area contributed by atoms with Crippen molar-refractivity contribution in [2.24, 2.45) is 0 Å². The van der Waals surface area contributed by atoms with Gasteiger partial charge in [-0.2, -0.15) is 0 Å². The van der Waals surface area contributed by atoms with E-state index < -0.39 is 0 Å². The van der Waals surface area contributed by atoms with Crippen molar-refractivity contribution in [1.82, 2.24) is 19.9 Å². The minimum atomic E-state index is 0.539. The second-order valence-corrected chi connectivity index (χ2v) is 4.60. The Morgan fingerprint density at radius 1 is 1.23 bits per heavy atom. The van der Waals surface area contributed by atoms with Gasteiger partial charge in [0.1, 0.15) is 11.6 Å². The van der Waals surface area contributed by atoms with Gasteiger partial charge in [-0.1, -0.05) is 18.2 Å². The first-order valence-corrected chi connectivity index (χ1v) is 6.86.